The number of ether oxygens (including phenoxy) is 1. The standard InChI is InChI=1S/C18H19N3O2S/c1-12-8-20(9-13(2)23-12)17(22)16-11-24-18-19-15(10-21(16)18)14-6-4-3-5-7-14/h3-7,10-13H,8-9H2,1-2H3. The van der Waals surface area contributed by atoms with Gasteiger partial charge in [-0.15, -0.1) is 11.3 Å². The van der Waals surface area contributed by atoms with Crippen molar-refractivity contribution in [1.29, 1.82) is 0 Å². The number of carbonyl (C=O) groups excluding carboxylic acids is 1. The fraction of sp³-hybridized carbons (Fsp3) is 0.333. The van der Waals surface area contributed by atoms with E-state index in [0.717, 1.165) is 16.2 Å². The lowest BCUT2D eigenvalue weighted by Gasteiger charge is -2.35. The molecule has 0 N–H and O–H groups in total. The quantitative estimate of drug-likeness (QED) is 0.718. The highest BCUT2D eigenvalue weighted by atomic mass is 32.1. The average Bonchev–Trinajstić information content (AvgIpc) is 3.14. The van der Waals surface area contributed by atoms with Gasteiger partial charge in [0.2, 0.25) is 0 Å². The van der Waals surface area contributed by atoms with Crippen molar-refractivity contribution in [3.63, 3.8) is 0 Å². The van der Waals surface area contributed by atoms with Gasteiger partial charge in [0, 0.05) is 30.2 Å². The number of imidazole rings is 1. The molecule has 1 amide bonds. The molecule has 1 fully saturated rings. The van der Waals surface area contributed by atoms with Crippen LogP contribution in [0.25, 0.3) is 16.2 Å². The van der Waals surface area contributed by atoms with Crippen molar-refractivity contribution in [1.82, 2.24) is 14.3 Å². The number of hydrogen-bond acceptors (Lipinski definition) is 4. The van der Waals surface area contributed by atoms with Crippen LogP contribution in [-0.2, 0) is 4.74 Å². The minimum absolute atomic E-state index is 0.0419. The molecule has 2 aromatic heterocycles. The van der Waals surface area contributed by atoms with Gasteiger partial charge in [-0.2, -0.15) is 0 Å². The molecule has 0 aliphatic carbocycles. The number of rotatable bonds is 2. The van der Waals surface area contributed by atoms with E-state index >= 15 is 0 Å². The number of morpholine rings is 1. The van der Waals surface area contributed by atoms with Crippen LogP contribution in [0.1, 0.15) is 24.3 Å². The van der Waals surface area contributed by atoms with Gasteiger partial charge in [-0.1, -0.05) is 30.3 Å². The van der Waals surface area contributed by atoms with Gasteiger partial charge in [0.25, 0.3) is 5.91 Å². The van der Waals surface area contributed by atoms with Crippen molar-refractivity contribution in [3.8, 4) is 11.3 Å². The molecule has 1 aliphatic heterocycles. The summed E-state index contributed by atoms with van der Waals surface area (Å²) in [4.78, 5) is 20.3. The van der Waals surface area contributed by atoms with Crippen molar-refractivity contribution in [2.45, 2.75) is 26.1 Å². The molecular weight excluding hydrogens is 322 g/mol. The largest absolute Gasteiger partial charge is 0.372 e. The molecule has 1 saturated heterocycles. The molecule has 1 aromatic carbocycles. The Labute approximate surface area is 144 Å². The van der Waals surface area contributed by atoms with Gasteiger partial charge in [0.1, 0.15) is 5.69 Å². The minimum Gasteiger partial charge on any atom is -0.372 e. The van der Waals surface area contributed by atoms with E-state index in [1.165, 1.54) is 11.3 Å². The van der Waals surface area contributed by atoms with Gasteiger partial charge in [0.15, 0.2) is 4.96 Å². The zero-order valence-corrected chi connectivity index (χ0v) is 14.5. The molecule has 6 heteroatoms. The predicted octanol–water partition coefficient (Wildman–Crippen LogP) is 3.31. The first-order valence-electron chi connectivity index (χ1n) is 8.08. The molecule has 2 unspecified atom stereocenters. The molecule has 0 saturated carbocycles. The highest BCUT2D eigenvalue weighted by Gasteiger charge is 2.28. The molecule has 5 nitrogen and oxygen atoms in total. The number of hydrogen-bond donors (Lipinski definition) is 0. The summed E-state index contributed by atoms with van der Waals surface area (Å²) in [6.45, 7) is 5.26. The Bertz CT molecular complexity index is 861. The van der Waals surface area contributed by atoms with E-state index in [2.05, 4.69) is 4.98 Å². The molecule has 3 aromatic rings. The van der Waals surface area contributed by atoms with E-state index < -0.39 is 0 Å². The number of carbonyl (C=O) groups is 1. The molecule has 3 heterocycles. The number of nitrogens with zero attached hydrogens (tertiary/aromatic N) is 3. The molecule has 4 rings (SSSR count). The number of amides is 1. The summed E-state index contributed by atoms with van der Waals surface area (Å²) in [5.74, 6) is 0.0419. The molecule has 2 atom stereocenters. The van der Waals surface area contributed by atoms with Crippen LogP contribution in [0.2, 0.25) is 0 Å². The van der Waals surface area contributed by atoms with Crippen LogP contribution in [0.15, 0.2) is 41.9 Å². The molecule has 0 bridgehead atoms. The molecule has 1 aliphatic rings. The zero-order valence-electron chi connectivity index (χ0n) is 13.7. The molecule has 124 valence electrons. The summed E-state index contributed by atoms with van der Waals surface area (Å²) in [7, 11) is 0. The Morgan fingerprint density at radius 3 is 2.62 bits per heavy atom. The monoisotopic (exact) mass is 341 g/mol. The Hall–Kier alpha value is -2.18. The van der Waals surface area contributed by atoms with E-state index in [1.54, 1.807) is 0 Å². The summed E-state index contributed by atoms with van der Waals surface area (Å²) in [6, 6.07) is 10.0. The summed E-state index contributed by atoms with van der Waals surface area (Å²) >= 11 is 1.50. The van der Waals surface area contributed by atoms with Crippen molar-refractivity contribution in [2.75, 3.05) is 13.1 Å². The van der Waals surface area contributed by atoms with E-state index in [1.807, 2.05) is 65.1 Å². The molecule has 24 heavy (non-hydrogen) atoms. The third kappa shape index (κ3) is 2.72. The van der Waals surface area contributed by atoms with Gasteiger partial charge < -0.3 is 9.64 Å². The first-order chi connectivity index (χ1) is 11.6. The van der Waals surface area contributed by atoms with Gasteiger partial charge >= 0.3 is 0 Å². The average molecular weight is 341 g/mol. The fourth-order valence-corrected chi connectivity index (χ4v) is 4.04. The lowest BCUT2D eigenvalue weighted by atomic mass is 10.2. The second kappa shape index (κ2) is 6.03. The molecular formula is C18H19N3O2S. The summed E-state index contributed by atoms with van der Waals surface area (Å²) < 4.78 is 7.63. The van der Waals surface area contributed by atoms with Gasteiger partial charge in [0.05, 0.1) is 17.9 Å². The predicted molar refractivity (Wildman–Crippen MR) is 94.4 cm³/mol. The first kappa shape index (κ1) is 15.4. The van der Waals surface area contributed by atoms with Crippen LogP contribution in [0.4, 0.5) is 0 Å². The Kier molecular flexibility index (Phi) is 3.86. The first-order valence-corrected chi connectivity index (χ1v) is 8.96. The maximum Gasteiger partial charge on any atom is 0.271 e. The molecule has 0 radical (unpaired) electrons. The van der Waals surface area contributed by atoms with Crippen molar-refractivity contribution < 1.29 is 9.53 Å². The molecule has 0 spiro atoms. The maximum atomic E-state index is 12.9. The van der Waals surface area contributed by atoms with E-state index in [4.69, 9.17) is 4.74 Å². The van der Waals surface area contributed by atoms with Crippen molar-refractivity contribution >= 4 is 22.2 Å². The van der Waals surface area contributed by atoms with Crippen LogP contribution >= 0.6 is 11.3 Å². The second-order valence-electron chi connectivity index (χ2n) is 6.23. The normalized spacial score (nSPS) is 21.3. The third-order valence-corrected chi connectivity index (χ3v) is 5.04. The smallest absolute Gasteiger partial charge is 0.271 e. The van der Waals surface area contributed by atoms with Crippen LogP contribution in [0, 0.1) is 0 Å². The lowest BCUT2D eigenvalue weighted by Crippen LogP contribution is -2.48. The SMILES string of the molecule is CC1CN(C(=O)c2csc3nc(-c4ccccc4)cn23)CC(C)O1. The second-order valence-corrected chi connectivity index (χ2v) is 7.07. The Balaban J connectivity index is 1.67. The van der Waals surface area contributed by atoms with E-state index in [0.29, 0.717) is 18.8 Å². The minimum atomic E-state index is 0.0419. The van der Waals surface area contributed by atoms with Gasteiger partial charge in [-0.3, -0.25) is 9.20 Å². The maximum absolute atomic E-state index is 12.9. The lowest BCUT2D eigenvalue weighted by molar-refractivity contribution is -0.0587. The highest BCUT2D eigenvalue weighted by Crippen LogP contribution is 2.25. The zero-order chi connectivity index (χ0) is 16.7. The van der Waals surface area contributed by atoms with E-state index in [-0.39, 0.29) is 18.1 Å². The third-order valence-electron chi connectivity index (χ3n) is 4.20. The van der Waals surface area contributed by atoms with E-state index in [9.17, 15) is 4.79 Å². The topological polar surface area (TPSA) is 46.8 Å². The van der Waals surface area contributed by atoms with Crippen LogP contribution in [0.5, 0.6) is 0 Å². The van der Waals surface area contributed by atoms with Crippen LogP contribution < -0.4 is 0 Å². The Morgan fingerprint density at radius 1 is 1.21 bits per heavy atom. The van der Waals surface area contributed by atoms with Gasteiger partial charge in [-0.25, -0.2) is 4.98 Å². The van der Waals surface area contributed by atoms with Crippen LogP contribution in [0.3, 0.4) is 0 Å². The highest BCUT2D eigenvalue weighted by molar-refractivity contribution is 7.15. The van der Waals surface area contributed by atoms with Crippen LogP contribution in [-0.4, -0.2) is 45.5 Å². The Morgan fingerprint density at radius 2 is 1.92 bits per heavy atom. The number of benzene rings is 1. The summed E-state index contributed by atoms with van der Waals surface area (Å²) in [5, 5.41) is 1.89. The van der Waals surface area contributed by atoms with Gasteiger partial charge in [-0.05, 0) is 13.8 Å². The summed E-state index contributed by atoms with van der Waals surface area (Å²) in [5.41, 5.74) is 2.62. The summed E-state index contributed by atoms with van der Waals surface area (Å²) in [6.07, 6.45) is 2.07. The number of fused-ring (bicyclic) bond motifs is 1. The van der Waals surface area contributed by atoms with Crippen molar-refractivity contribution in [2.24, 2.45) is 0 Å². The van der Waals surface area contributed by atoms with Crippen molar-refractivity contribution in [3.05, 3.63) is 47.6 Å². The number of thiazole rings is 1. The number of aromatic nitrogens is 2. The fourth-order valence-electron chi connectivity index (χ4n) is 3.19.